The molecule has 0 spiro atoms. The molecule has 0 fully saturated rings. The average molecular weight is 254 g/mol. The van der Waals surface area contributed by atoms with Gasteiger partial charge in [0.05, 0.1) is 7.11 Å². The molecule has 100 valence electrons. The zero-order valence-electron chi connectivity index (χ0n) is 12.0. The average Bonchev–Trinajstić information content (AvgIpc) is 2.46. The number of ether oxygens (including phenoxy) is 1. The summed E-state index contributed by atoms with van der Waals surface area (Å²) in [5.41, 5.74) is 4.20. The molecule has 2 aromatic rings. The normalized spacial score (nSPS) is 10.7. The third kappa shape index (κ3) is 3.85. The Labute approximate surface area is 116 Å². The number of methoxy groups -OCH3 is 1. The van der Waals surface area contributed by atoms with Crippen molar-refractivity contribution in [2.24, 2.45) is 0 Å². The van der Waals surface area contributed by atoms with E-state index in [1.807, 2.05) is 12.1 Å². The summed E-state index contributed by atoms with van der Waals surface area (Å²) in [4.78, 5) is 0. The molecule has 0 bridgehead atoms. The molecule has 2 rings (SSSR count). The molecule has 19 heavy (non-hydrogen) atoms. The second-order valence-electron chi connectivity index (χ2n) is 5.25. The van der Waals surface area contributed by atoms with Crippen molar-refractivity contribution in [3.63, 3.8) is 0 Å². The summed E-state index contributed by atoms with van der Waals surface area (Å²) in [6.07, 6.45) is 2.17. The molecule has 0 unspecified atom stereocenters. The van der Waals surface area contributed by atoms with Crippen molar-refractivity contribution in [3.05, 3.63) is 65.2 Å². The molecular weight excluding hydrogens is 232 g/mol. The summed E-state index contributed by atoms with van der Waals surface area (Å²) in [5.74, 6) is 1.52. The van der Waals surface area contributed by atoms with E-state index >= 15 is 0 Å². The van der Waals surface area contributed by atoms with Crippen LogP contribution in [-0.2, 0) is 12.8 Å². The van der Waals surface area contributed by atoms with Crippen molar-refractivity contribution in [2.75, 3.05) is 7.11 Å². The number of aryl methyl sites for hydroxylation is 2. The van der Waals surface area contributed by atoms with E-state index in [0.29, 0.717) is 5.92 Å². The van der Waals surface area contributed by atoms with Crippen LogP contribution in [0, 0.1) is 0 Å². The largest absolute Gasteiger partial charge is 0.497 e. The lowest BCUT2D eigenvalue weighted by Gasteiger charge is -2.08. The van der Waals surface area contributed by atoms with Crippen LogP contribution in [0.3, 0.4) is 0 Å². The molecule has 0 amide bonds. The summed E-state index contributed by atoms with van der Waals surface area (Å²) in [6.45, 7) is 4.48. The number of hydrogen-bond donors (Lipinski definition) is 0. The van der Waals surface area contributed by atoms with E-state index in [0.717, 1.165) is 18.6 Å². The van der Waals surface area contributed by atoms with Crippen molar-refractivity contribution in [1.82, 2.24) is 0 Å². The fourth-order valence-electron chi connectivity index (χ4n) is 2.19. The van der Waals surface area contributed by atoms with Crippen molar-refractivity contribution in [3.8, 4) is 5.75 Å². The van der Waals surface area contributed by atoms with Crippen LogP contribution in [0.2, 0.25) is 0 Å². The molecule has 2 aromatic carbocycles. The Hall–Kier alpha value is -1.76. The lowest BCUT2D eigenvalue weighted by Crippen LogP contribution is -1.94. The summed E-state index contributed by atoms with van der Waals surface area (Å²) in [6, 6.07) is 17.3. The van der Waals surface area contributed by atoms with Crippen LogP contribution in [0.4, 0.5) is 0 Å². The van der Waals surface area contributed by atoms with Gasteiger partial charge in [0, 0.05) is 0 Å². The Morgan fingerprint density at radius 2 is 1.58 bits per heavy atom. The van der Waals surface area contributed by atoms with Gasteiger partial charge in [-0.3, -0.25) is 0 Å². The maximum absolute atomic E-state index is 5.17. The van der Waals surface area contributed by atoms with Crippen LogP contribution in [0.1, 0.15) is 36.5 Å². The van der Waals surface area contributed by atoms with Crippen molar-refractivity contribution >= 4 is 0 Å². The highest BCUT2D eigenvalue weighted by molar-refractivity contribution is 5.29. The fraction of sp³-hybridized carbons (Fsp3) is 0.333. The summed E-state index contributed by atoms with van der Waals surface area (Å²) in [5, 5.41) is 0. The van der Waals surface area contributed by atoms with E-state index in [4.69, 9.17) is 4.74 Å². The third-order valence-electron chi connectivity index (χ3n) is 3.48. The summed E-state index contributed by atoms with van der Waals surface area (Å²) < 4.78 is 5.17. The van der Waals surface area contributed by atoms with E-state index in [-0.39, 0.29) is 0 Å². The molecule has 0 radical (unpaired) electrons. The van der Waals surface area contributed by atoms with E-state index < -0.39 is 0 Å². The molecule has 0 atom stereocenters. The number of rotatable bonds is 5. The molecule has 0 heterocycles. The second-order valence-corrected chi connectivity index (χ2v) is 5.25. The van der Waals surface area contributed by atoms with Gasteiger partial charge in [0.1, 0.15) is 5.75 Å². The molecule has 0 aliphatic heterocycles. The number of benzene rings is 2. The molecule has 0 aliphatic carbocycles. The molecule has 0 saturated carbocycles. The molecule has 1 nitrogen and oxygen atoms in total. The highest BCUT2D eigenvalue weighted by atomic mass is 16.5. The SMILES string of the molecule is COc1ccc(CCc2cccc(C(C)C)c2)cc1. The first-order valence-electron chi connectivity index (χ1n) is 6.91. The van der Waals surface area contributed by atoms with Crippen molar-refractivity contribution < 1.29 is 4.74 Å². The van der Waals surface area contributed by atoms with E-state index in [1.165, 1.54) is 16.7 Å². The summed E-state index contributed by atoms with van der Waals surface area (Å²) >= 11 is 0. The van der Waals surface area contributed by atoms with Crippen LogP contribution in [0.5, 0.6) is 5.75 Å². The van der Waals surface area contributed by atoms with Crippen LogP contribution < -0.4 is 4.74 Å². The molecule has 0 N–H and O–H groups in total. The molecule has 0 aliphatic rings. The van der Waals surface area contributed by atoms with Crippen LogP contribution in [0.25, 0.3) is 0 Å². The van der Waals surface area contributed by atoms with Crippen LogP contribution in [-0.4, -0.2) is 7.11 Å². The second kappa shape index (κ2) is 6.42. The Morgan fingerprint density at radius 1 is 0.895 bits per heavy atom. The molecule has 0 saturated heterocycles. The van der Waals surface area contributed by atoms with Gasteiger partial charge in [0.15, 0.2) is 0 Å². The maximum atomic E-state index is 5.17. The van der Waals surface area contributed by atoms with Gasteiger partial charge in [-0.2, -0.15) is 0 Å². The minimum atomic E-state index is 0.598. The van der Waals surface area contributed by atoms with E-state index in [1.54, 1.807) is 7.11 Å². The van der Waals surface area contributed by atoms with Crippen LogP contribution in [0.15, 0.2) is 48.5 Å². The Morgan fingerprint density at radius 3 is 2.21 bits per heavy atom. The summed E-state index contributed by atoms with van der Waals surface area (Å²) in [7, 11) is 1.70. The first-order valence-corrected chi connectivity index (χ1v) is 6.91. The van der Waals surface area contributed by atoms with Gasteiger partial charge in [0.25, 0.3) is 0 Å². The lowest BCUT2D eigenvalue weighted by molar-refractivity contribution is 0.414. The maximum Gasteiger partial charge on any atom is 0.118 e. The van der Waals surface area contributed by atoms with Crippen molar-refractivity contribution in [2.45, 2.75) is 32.6 Å². The Bertz CT molecular complexity index is 511. The predicted octanol–water partition coefficient (Wildman–Crippen LogP) is 4.60. The molecular formula is C18H22O. The standard InChI is InChI=1S/C18H22O/c1-14(2)17-6-4-5-16(13-17)8-7-15-9-11-18(19-3)12-10-15/h4-6,9-14H,7-8H2,1-3H3. The first kappa shape index (κ1) is 13.7. The fourth-order valence-corrected chi connectivity index (χ4v) is 2.19. The smallest absolute Gasteiger partial charge is 0.118 e. The lowest BCUT2D eigenvalue weighted by atomic mass is 9.98. The molecule has 0 aromatic heterocycles. The van der Waals surface area contributed by atoms with Crippen LogP contribution >= 0.6 is 0 Å². The zero-order chi connectivity index (χ0) is 13.7. The first-order chi connectivity index (χ1) is 9.19. The van der Waals surface area contributed by atoms with E-state index in [2.05, 4.69) is 50.2 Å². The zero-order valence-corrected chi connectivity index (χ0v) is 12.0. The predicted molar refractivity (Wildman–Crippen MR) is 80.9 cm³/mol. The molecule has 1 heteroatoms. The minimum Gasteiger partial charge on any atom is -0.497 e. The topological polar surface area (TPSA) is 9.23 Å². The minimum absolute atomic E-state index is 0.598. The van der Waals surface area contributed by atoms with Gasteiger partial charge in [-0.15, -0.1) is 0 Å². The Balaban J connectivity index is 1.99. The van der Waals surface area contributed by atoms with E-state index in [9.17, 15) is 0 Å². The van der Waals surface area contributed by atoms with Gasteiger partial charge in [-0.05, 0) is 47.6 Å². The monoisotopic (exact) mass is 254 g/mol. The van der Waals surface area contributed by atoms with Gasteiger partial charge in [-0.1, -0.05) is 50.2 Å². The van der Waals surface area contributed by atoms with Gasteiger partial charge >= 0.3 is 0 Å². The van der Waals surface area contributed by atoms with Gasteiger partial charge in [-0.25, -0.2) is 0 Å². The van der Waals surface area contributed by atoms with Gasteiger partial charge in [0.2, 0.25) is 0 Å². The quantitative estimate of drug-likeness (QED) is 0.757. The highest BCUT2D eigenvalue weighted by Crippen LogP contribution is 2.17. The van der Waals surface area contributed by atoms with Crippen molar-refractivity contribution in [1.29, 1.82) is 0 Å². The Kier molecular flexibility index (Phi) is 4.62. The third-order valence-corrected chi connectivity index (χ3v) is 3.48. The highest BCUT2D eigenvalue weighted by Gasteiger charge is 2.01. The van der Waals surface area contributed by atoms with Gasteiger partial charge < -0.3 is 4.74 Å². The number of hydrogen-bond acceptors (Lipinski definition) is 1.